The second-order valence-corrected chi connectivity index (χ2v) is 8.27. The Morgan fingerprint density at radius 2 is 1.97 bits per heavy atom. The van der Waals surface area contributed by atoms with Crippen LogP contribution in [0.25, 0.3) is 5.69 Å². The molecule has 0 spiro atoms. The van der Waals surface area contributed by atoms with Gasteiger partial charge >= 0.3 is 5.97 Å². The predicted molar refractivity (Wildman–Crippen MR) is 125 cm³/mol. The van der Waals surface area contributed by atoms with Crippen LogP contribution in [0.2, 0.25) is 0 Å². The van der Waals surface area contributed by atoms with Crippen LogP contribution in [0.4, 0.5) is 0 Å². The van der Waals surface area contributed by atoms with Crippen LogP contribution in [0.15, 0.2) is 48.7 Å². The Bertz CT molecular complexity index is 1160. The summed E-state index contributed by atoms with van der Waals surface area (Å²) in [5.74, 6) is -0.929. The van der Waals surface area contributed by atoms with E-state index in [-0.39, 0.29) is 17.6 Å². The van der Waals surface area contributed by atoms with E-state index in [0.717, 1.165) is 45.6 Å². The molecular weight excluding hydrogens is 408 g/mol. The number of aromatic nitrogens is 2. The summed E-state index contributed by atoms with van der Waals surface area (Å²) in [5.41, 5.74) is 6.40. The maximum Gasteiger partial charge on any atom is 0.335 e. The molecule has 0 saturated carbocycles. The molecular formula is C24H26N4O2S. The predicted octanol–water partition coefficient (Wildman–Crippen LogP) is 4.49. The molecule has 0 radical (unpaired) electrons. The molecule has 0 bridgehead atoms. The van der Waals surface area contributed by atoms with E-state index in [2.05, 4.69) is 46.6 Å². The van der Waals surface area contributed by atoms with Gasteiger partial charge in [0, 0.05) is 29.8 Å². The Kier molecular flexibility index (Phi) is 5.54. The van der Waals surface area contributed by atoms with Gasteiger partial charge in [-0.2, -0.15) is 0 Å². The first-order chi connectivity index (χ1) is 14.8. The maximum atomic E-state index is 11.6. The molecule has 0 unspecified atom stereocenters. The normalized spacial score (nSPS) is 18.3. The molecule has 7 heteroatoms. The molecule has 1 fully saturated rings. The van der Waals surface area contributed by atoms with Crippen LogP contribution in [-0.4, -0.2) is 37.2 Å². The van der Waals surface area contributed by atoms with Crippen LogP contribution >= 0.6 is 12.2 Å². The first-order valence-electron chi connectivity index (χ1n) is 10.3. The molecule has 31 heavy (non-hydrogen) atoms. The van der Waals surface area contributed by atoms with Crippen molar-refractivity contribution < 1.29 is 9.90 Å². The number of nitrogens with one attached hydrogen (secondary N) is 1. The van der Waals surface area contributed by atoms with Gasteiger partial charge in [-0.3, -0.25) is 4.98 Å². The number of nitrogens with zero attached hydrogens (tertiary/aromatic N) is 3. The summed E-state index contributed by atoms with van der Waals surface area (Å²) in [7, 11) is 0. The van der Waals surface area contributed by atoms with Crippen molar-refractivity contribution >= 4 is 23.3 Å². The number of hydrogen-bond acceptors (Lipinski definition) is 3. The number of likely N-dealkylation sites (N-methyl/N-ethyl adjacent to an activating group) is 1. The van der Waals surface area contributed by atoms with Crippen LogP contribution in [0.3, 0.4) is 0 Å². The smallest absolute Gasteiger partial charge is 0.335 e. The fraction of sp³-hybridized carbons (Fsp3) is 0.292. The standard InChI is InChI=1S/C24H26N4O2S/c1-5-27-22(21(26-24(27)31)19-8-6-7-11-25-19)18-12-15(3)28(16(18)4)20-13-17(23(29)30)10-9-14(20)2/h6-13,21-22H,5H2,1-4H3,(H,26,31)(H,29,30)/t21-,22+/m1/s1. The molecule has 1 aliphatic rings. The average molecular weight is 435 g/mol. The van der Waals surface area contributed by atoms with E-state index in [0.29, 0.717) is 0 Å². The van der Waals surface area contributed by atoms with Crippen molar-refractivity contribution in [3.63, 3.8) is 0 Å². The zero-order valence-electron chi connectivity index (χ0n) is 18.1. The van der Waals surface area contributed by atoms with Gasteiger partial charge in [-0.05, 0) is 81.4 Å². The quantitative estimate of drug-likeness (QED) is 0.577. The average Bonchev–Trinajstić information content (AvgIpc) is 3.24. The lowest BCUT2D eigenvalue weighted by molar-refractivity contribution is 0.0697. The Labute approximate surface area is 187 Å². The Hall–Kier alpha value is -3.19. The maximum absolute atomic E-state index is 11.6. The number of carboxylic acid groups (broad SMARTS) is 1. The molecule has 6 nitrogen and oxygen atoms in total. The summed E-state index contributed by atoms with van der Waals surface area (Å²) in [6.07, 6.45) is 1.80. The van der Waals surface area contributed by atoms with Crippen molar-refractivity contribution in [1.29, 1.82) is 0 Å². The fourth-order valence-corrected chi connectivity index (χ4v) is 4.90. The Balaban J connectivity index is 1.86. The van der Waals surface area contributed by atoms with Crippen molar-refractivity contribution in [2.45, 2.75) is 39.8 Å². The summed E-state index contributed by atoms with van der Waals surface area (Å²) in [6.45, 7) is 9.01. The van der Waals surface area contributed by atoms with E-state index in [1.807, 2.05) is 31.2 Å². The minimum atomic E-state index is -0.929. The molecule has 4 rings (SSSR count). The van der Waals surface area contributed by atoms with Crippen LogP contribution in [-0.2, 0) is 0 Å². The number of hydrogen-bond donors (Lipinski definition) is 2. The van der Waals surface area contributed by atoms with E-state index in [1.54, 1.807) is 18.3 Å². The van der Waals surface area contributed by atoms with Crippen molar-refractivity contribution in [2.24, 2.45) is 0 Å². The molecule has 2 N–H and O–H groups in total. The number of pyridine rings is 1. The number of rotatable bonds is 5. The minimum Gasteiger partial charge on any atom is -0.478 e. The lowest BCUT2D eigenvalue weighted by atomic mass is 9.97. The van der Waals surface area contributed by atoms with Crippen molar-refractivity contribution in [2.75, 3.05) is 6.54 Å². The van der Waals surface area contributed by atoms with Crippen LogP contribution in [0.1, 0.15) is 57.6 Å². The molecule has 1 saturated heterocycles. The molecule has 3 heterocycles. The minimum absolute atomic E-state index is 0.00434. The van der Waals surface area contributed by atoms with Crippen LogP contribution < -0.4 is 5.32 Å². The molecule has 160 valence electrons. The molecule has 2 atom stereocenters. The van der Waals surface area contributed by atoms with Gasteiger partial charge in [-0.1, -0.05) is 12.1 Å². The lowest BCUT2D eigenvalue weighted by Gasteiger charge is -2.27. The number of thiocarbonyl (C=S) groups is 1. The monoisotopic (exact) mass is 434 g/mol. The highest BCUT2D eigenvalue weighted by atomic mass is 32.1. The lowest BCUT2D eigenvalue weighted by Crippen LogP contribution is -2.29. The first kappa shape index (κ1) is 21.1. The van der Waals surface area contributed by atoms with Crippen molar-refractivity contribution in [3.05, 3.63) is 82.4 Å². The molecule has 1 aliphatic heterocycles. The highest BCUT2D eigenvalue weighted by molar-refractivity contribution is 7.80. The zero-order chi connectivity index (χ0) is 22.3. The SMILES string of the molecule is CCN1C(=S)N[C@H](c2ccccn2)[C@@H]1c1cc(C)n(-c2cc(C(=O)O)ccc2C)c1C. The number of carbonyl (C=O) groups is 1. The number of benzene rings is 1. The summed E-state index contributed by atoms with van der Waals surface area (Å²) < 4.78 is 2.14. The summed E-state index contributed by atoms with van der Waals surface area (Å²) in [5, 5.41) is 13.7. The van der Waals surface area contributed by atoms with Gasteiger partial charge in [0.25, 0.3) is 0 Å². The van der Waals surface area contributed by atoms with E-state index in [1.165, 1.54) is 0 Å². The third-order valence-electron chi connectivity index (χ3n) is 6.02. The van der Waals surface area contributed by atoms with Gasteiger partial charge in [0.15, 0.2) is 5.11 Å². The van der Waals surface area contributed by atoms with Gasteiger partial charge in [-0.25, -0.2) is 4.79 Å². The van der Waals surface area contributed by atoms with Crippen molar-refractivity contribution in [3.8, 4) is 5.69 Å². The van der Waals surface area contributed by atoms with Gasteiger partial charge < -0.3 is 19.9 Å². The molecule has 1 aromatic carbocycles. The largest absolute Gasteiger partial charge is 0.478 e. The second kappa shape index (κ2) is 8.15. The third kappa shape index (κ3) is 3.59. The molecule has 3 aromatic rings. The summed E-state index contributed by atoms with van der Waals surface area (Å²) >= 11 is 5.65. The van der Waals surface area contributed by atoms with Gasteiger partial charge in [-0.15, -0.1) is 0 Å². The number of carboxylic acids is 1. The number of aromatic carboxylic acids is 1. The van der Waals surface area contributed by atoms with Crippen molar-refractivity contribution in [1.82, 2.24) is 19.8 Å². The second-order valence-electron chi connectivity index (χ2n) is 7.88. The van der Waals surface area contributed by atoms with E-state index < -0.39 is 5.97 Å². The van der Waals surface area contributed by atoms with Gasteiger partial charge in [0.05, 0.1) is 23.3 Å². The topological polar surface area (TPSA) is 70.4 Å². The molecule has 2 aromatic heterocycles. The van der Waals surface area contributed by atoms with E-state index >= 15 is 0 Å². The van der Waals surface area contributed by atoms with Crippen LogP contribution in [0.5, 0.6) is 0 Å². The fourth-order valence-electron chi connectivity index (χ4n) is 4.53. The van der Waals surface area contributed by atoms with Crippen LogP contribution in [0, 0.1) is 20.8 Å². The van der Waals surface area contributed by atoms with Gasteiger partial charge in [0.2, 0.25) is 0 Å². The highest BCUT2D eigenvalue weighted by Gasteiger charge is 2.40. The third-order valence-corrected chi connectivity index (χ3v) is 6.38. The summed E-state index contributed by atoms with van der Waals surface area (Å²) in [6, 6.07) is 13.3. The summed E-state index contributed by atoms with van der Waals surface area (Å²) in [4.78, 5) is 18.3. The Morgan fingerprint density at radius 1 is 1.19 bits per heavy atom. The highest BCUT2D eigenvalue weighted by Crippen LogP contribution is 2.41. The zero-order valence-corrected chi connectivity index (χ0v) is 18.9. The van der Waals surface area contributed by atoms with E-state index in [9.17, 15) is 9.90 Å². The Morgan fingerprint density at radius 3 is 2.61 bits per heavy atom. The van der Waals surface area contributed by atoms with Gasteiger partial charge in [0.1, 0.15) is 0 Å². The number of aryl methyl sites for hydroxylation is 2. The molecule has 0 amide bonds. The first-order valence-corrected chi connectivity index (χ1v) is 10.8. The van der Waals surface area contributed by atoms with E-state index in [4.69, 9.17) is 12.2 Å². The molecule has 0 aliphatic carbocycles.